The Morgan fingerprint density at radius 2 is 2.08 bits per heavy atom. The molecule has 6 heteroatoms. The first-order valence-electron chi connectivity index (χ1n) is 7.53. The van der Waals surface area contributed by atoms with Crippen LogP contribution in [0, 0.1) is 5.82 Å². The second-order valence-corrected chi connectivity index (χ2v) is 6.03. The molecule has 2 rings (SSSR count). The van der Waals surface area contributed by atoms with Gasteiger partial charge in [-0.15, -0.1) is 0 Å². The molecular formula is C18H19BrFNO3. The van der Waals surface area contributed by atoms with Crippen molar-refractivity contribution < 1.29 is 18.7 Å². The summed E-state index contributed by atoms with van der Waals surface area (Å²) in [5.41, 5.74) is 1.12. The molecule has 0 aliphatic carbocycles. The van der Waals surface area contributed by atoms with Crippen molar-refractivity contribution in [1.29, 1.82) is 0 Å². The fourth-order valence-electron chi connectivity index (χ4n) is 2.30. The number of hydrogen-bond donors (Lipinski definition) is 1. The summed E-state index contributed by atoms with van der Waals surface area (Å²) in [7, 11) is 1.54. The molecule has 0 fully saturated rings. The van der Waals surface area contributed by atoms with Gasteiger partial charge in [0.15, 0.2) is 11.5 Å². The number of carbonyl (C=O) groups is 1. The molecule has 0 spiro atoms. The van der Waals surface area contributed by atoms with E-state index in [2.05, 4.69) is 21.2 Å². The molecule has 24 heavy (non-hydrogen) atoms. The standard InChI is InChI=1S/C18H19BrFNO3/c1-4-24-16-10-13(9-15(19)17(16)23-3)18(22)21-11(2)12-6-5-7-14(20)8-12/h5-11H,4H2,1-3H3,(H,21,22). The third-order valence-electron chi connectivity index (χ3n) is 3.47. The topological polar surface area (TPSA) is 47.6 Å². The molecule has 0 radical (unpaired) electrons. The lowest BCUT2D eigenvalue weighted by Gasteiger charge is -2.16. The van der Waals surface area contributed by atoms with Crippen molar-refractivity contribution in [1.82, 2.24) is 5.32 Å². The summed E-state index contributed by atoms with van der Waals surface area (Å²) in [6.07, 6.45) is 0. The fourth-order valence-corrected chi connectivity index (χ4v) is 2.90. The number of nitrogens with one attached hydrogen (secondary N) is 1. The number of methoxy groups -OCH3 is 1. The number of halogens is 2. The Bertz CT molecular complexity index is 736. The minimum absolute atomic E-state index is 0.281. The predicted molar refractivity (Wildman–Crippen MR) is 94.1 cm³/mol. The van der Waals surface area contributed by atoms with E-state index >= 15 is 0 Å². The quantitative estimate of drug-likeness (QED) is 0.783. The lowest BCUT2D eigenvalue weighted by Crippen LogP contribution is -2.26. The summed E-state index contributed by atoms with van der Waals surface area (Å²) >= 11 is 3.38. The van der Waals surface area contributed by atoms with Crippen molar-refractivity contribution >= 4 is 21.8 Å². The van der Waals surface area contributed by atoms with E-state index in [0.29, 0.717) is 33.7 Å². The van der Waals surface area contributed by atoms with Gasteiger partial charge in [0.05, 0.1) is 24.2 Å². The monoisotopic (exact) mass is 395 g/mol. The fraction of sp³-hybridized carbons (Fsp3) is 0.278. The molecule has 0 aliphatic rings. The highest BCUT2D eigenvalue weighted by atomic mass is 79.9. The van der Waals surface area contributed by atoms with Gasteiger partial charge >= 0.3 is 0 Å². The number of ether oxygens (including phenoxy) is 2. The number of rotatable bonds is 6. The first-order valence-corrected chi connectivity index (χ1v) is 8.32. The van der Waals surface area contributed by atoms with Crippen LogP contribution in [0.25, 0.3) is 0 Å². The Morgan fingerprint density at radius 1 is 1.33 bits per heavy atom. The van der Waals surface area contributed by atoms with Gasteiger partial charge in [-0.25, -0.2) is 4.39 Å². The molecule has 2 aromatic carbocycles. The van der Waals surface area contributed by atoms with Crippen molar-refractivity contribution in [2.45, 2.75) is 19.9 Å². The van der Waals surface area contributed by atoms with E-state index in [1.165, 1.54) is 19.2 Å². The molecule has 0 aromatic heterocycles. The zero-order valence-corrected chi connectivity index (χ0v) is 15.3. The second-order valence-electron chi connectivity index (χ2n) is 5.17. The van der Waals surface area contributed by atoms with E-state index in [1.807, 2.05) is 6.92 Å². The molecule has 1 amide bonds. The first kappa shape index (κ1) is 18.3. The van der Waals surface area contributed by atoms with Gasteiger partial charge in [-0.1, -0.05) is 12.1 Å². The Balaban J connectivity index is 2.23. The van der Waals surface area contributed by atoms with Crippen LogP contribution in [-0.2, 0) is 0 Å². The summed E-state index contributed by atoms with van der Waals surface area (Å²) in [5, 5.41) is 2.85. The largest absolute Gasteiger partial charge is 0.492 e. The van der Waals surface area contributed by atoms with Crippen LogP contribution in [0.3, 0.4) is 0 Å². The van der Waals surface area contributed by atoms with Crippen molar-refractivity contribution in [2.75, 3.05) is 13.7 Å². The maximum absolute atomic E-state index is 13.3. The predicted octanol–water partition coefficient (Wildman–Crippen LogP) is 4.49. The second kappa shape index (κ2) is 8.15. The SMILES string of the molecule is CCOc1cc(C(=O)NC(C)c2cccc(F)c2)cc(Br)c1OC. The molecule has 2 aromatic rings. The van der Waals surface area contributed by atoms with Crippen LogP contribution in [0.1, 0.15) is 35.8 Å². The van der Waals surface area contributed by atoms with Gasteiger partial charge in [0, 0.05) is 5.56 Å². The maximum atomic E-state index is 13.3. The van der Waals surface area contributed by atoms with Gasteiger partial charge in [0.1, 0.15) is 5.82 Å². The highest BCUT2D eigenvalue weighted by molar-refractivity contribution is 9.10. The van der Waals surface area contributed by atoms with Crippen molar-refractivity contribution in [2.24, 2.45) is 0 Å². The number of hydrogen-bond acceptors (Lipinski definition) is 3. The summed E-state index contributed by atoms with van der Waals surface area (Å²) in [4.78, 5) is 12.5. The number of carbonyl (C=O) groups excluding carboxylic acids is 1. The van der Waals surface area contributed by atoms with E-state index in [1.54, 1.807) is 31.2 Å². The number of benzene rings is 2. The van der Waals surface area contributed by atoms with Gasteiger partial charge < -0.3 is 14.8 Å². The Morgan fingerprint density at radius 3 is 2.71 bits per heavy atom. The Kier molecular flexibility index (Phi) is 6.20. The van der Waals surface area contributed by atoms with Crippen LogP contribution in [0.2, 0.25) is 0 Å². The molecule has 4 nitrogen and oxygen atoms in total. The molecule has 1 N–H and O–H groups in total. The summed E-state index contributed by atoms with van der Waals surface area (Å²) in [6, 6.07) is 9.11. The minimum atomic E-state index is -0.334. The van der Waals surface area contributed by atoms with Crippen LogP contribution in [0.5, 0.6) is 11.5 Å². The molecular weight excluding hydrogens is 377 g/mol. The van der Waals surface area contributed by atoms with Gasteiger partial charge in [0.2, 0.25) is 0 Å². The zero-order valence-electron chi connectivity index (χ0n) is 13.7. The van der Waals surface area contributed by atoms with E-state index < -0.39 is 0 Å². The van der Waals surface area contributed by atoms with Crippen LogP contribution >= 0.6 is 15.9 Å². The molecule has 0 saturated heterocycles. The first-order chi connectivity index (χ1) is 11.5. The van der Waals surface area contributed by atoms with Crippen LogP contribution < -0.4 is 14.8 Å². The highest BCUT2D eigenvalue weighted by Crippen LogP contribution is 2.36. The summed E-state index contributed by atoms with van der Waals surface area (Å²) < 4.78 is 24.7. The van der Waals surface area contributed by atoms with Crippen LogP contribution in [0.4, 0.5) is 4.39 Å². The summed E-state index contributed by atoms with van der Waals surface area (Å²) in [5.74, 6) is 0.403. The molecule has 0 aliphatic heterocycles. The molecule has 0 bridgehead atoms. The lowest BCUT2D eigenvalue weighted by molar-refractivity contribution is 0.0939. The third kappa shape index (κ3) is 4.26. The van der Waals surface area contributed by atoms with Gasteiger partial charge in [-0.2, -0.15) is 0 Å². The molecule has 128 valence electrons. The zero-order chi connectivity index (χ0) is 17.7. The minimum Gasteiger partial charge on any atom is -0.492 e. The van der Waals surface area contributed by atoms with Crippen molar-refractivity contribution in [3.63, 3.8) is 0 Å². The summed E-state index contributed by atoms with van der Waals surface area (Å²) in [6.45, 7) is 4.11. The van der Waals surface area contributed by atoms with E-state index in [0.717, 1.165) is 0 Å². The van der Waals surface area contributed by atoms with Crippen molar-refractivity contribution in [3.8, 4) is 11.5 Å². The average Bonchev–Trinajstić information content (AvgIpc) is 2.54. The van der Waals surface area contributed by atoms with Crippen LogP contribution in [-0.4, -0.2) is 19.6 Å². The maximum Gasteiger partial charge on any atom is 0.251 e. The van der Waals surface area contributed by atoms with E-state index in [4.69, 9.17) is 9.47 Å². The van der Waals surface area contributed by atoms with Crippen molar-refractivity contribution in [3.05, 3.63) is 57.8 Å². The van der Waals surface area contributed by atoms with Gasteiger partial charge in [-0.05, 0) is 59.6 Å². The average molecular weight is 396 g/mol. The number of amides is 1. The van der Waals surface area contributed by atoms with Crippen LogP contribution in [0.15, 0.2) is 40.9 Å². The van der Waals surface area contributed by atoms with Gasteiger partial charge in [0.25, 0.3) is 5.91 Å². The van der Waals surface area contributed by atoms with E-state index in [9.17, 15) is 9.18 Å². The van der Waals surface area contributed by atoms with E-state index in [-0.39, 0.29) is 17.8 Å². The smallest absolute Gasteiger partial charge is 0.251 e. The Labute approximate surface area is 149 Å². The molecule has 1 unspecified atom stereocenters. The normalized spacial score (nSPS) is 11.7. The third-order valence-corrected chi connectivity index (χ3v) is 4.06. The molecule has 0 heterocycles. The van der Waals surface area contributed by atoms with Gasteiger partial charge in [-0.3, -0.25) is 4.79 Å². The molecule has 0 saturated carbocycles. The lowest BCUT2D eigenvalue weighted by atomic mass is 10.1. The Hall–Kier alpha value is -2.08. The molecule has 1 atom stereocenters. The highest BCUT2D eigenvalue weighted by Gasteiger charge is 2.17.